The number of halogens is 1. The fourth-order valence-electron chi connectivity index (χ4n) is 1.85. The molecular weight excluding hydrogens is 260 g/mol. The van der Waals surface area contributed by atoms with E-state index in [9.17, 15) is 0 Å². The molecule has 3 aromatic rings. The Labute approximate surface area is 115 Å². The molecule has 4 heteroatoms. The first kappa shape index (κ1) is 13.3. The van der Waals surface area contributed by atoms with Crippen molar-refractivity contribution >= 4 is 22.8 Å². The second-order valence-corrected chi connectivity index (χ2v) is 4.45. The van der Waals surface area contributed by atoms with Crippen molar-refractivity contribution in [1.29, 1.82) is 0 Å². The van der Waals surface area contributed by atoms with Gasteiger partial charge in [0.25, 0.3) is 0 Å². The Balaban J connectivity index is 0.00000133. The van der Waals surface area contributed by atoms with Crippen molar-refractivity contribution in [2.45, 2.75) is 0 Å². The molecule has 1 aromatic carbocycles. The molecule has 0 unspecified atom stereocenters. The zero-order chi connectivity index (χ0) is 12.4. The Hall–Kier alpha value is -2.10. The van der Waals surface area contributed by atoms with Crippen LogP contribution in [-0.2, 0) is 0 Å². The van der Waals surface area contributed by atoms with E-state index in [2.05, 4.69) is 15.5 Å². The number of pyridine rings is 2. The Morgan fingerprint density at radius 1 is 0.895 bits per heavy atom. The van der Waals surface area contributed by atoms with Gasteiger partial charge in [-0.25, -0.2) is 4.99 Å². The minimum Gasteiger partial charge on any atom is -0.412 e. The first-order chi connectivity index (χ1) is 8.81. The van der Waals surface area contributed by atoms with Crippen molar-refractivity contribution in [3.8, 4) is 0 Å². The van der Waals surface area contributed by atoms with Crippen LogP contribution in [0.15, 0.2) is 72.0 Å². The molecule has 96 valence electrons. The summed E-state index contributed by atoms with van der Waals surface area (Å²) in [5.41, 5.74) is 1.98. The standard InChI is InChI=1S/C15H11ClN2.H2O/c16-12-4-3-5-13(10-12)17-14-7-9-18-8-2-1-6-15(18)11-14;/h1-11H;1H2/b17-14+;. The highest BCUT2D eigenvalue weighted by molar-refractivity contribution is 6.30. The third kappa shape index (κ3) is 3.02. The monoisotopic (exact) mass is 272 g/mol. The lowest BCUT2D eigenvalue weighted by molar-refractivity contribution is 0.824. The molecule has 0 spiro atoms. The van der Waals surface area contributed by atoms with Crippen molar-refractivity contribution in [3.05, 3.63) is 77.4 Å². The maximum Gasteiger partial charge on any atom is 0.0672 e. The van der Waals surface area contributed by atoms with Crippen molar-refractivity contribution < 1.29 is 5.48 Å². The van der Waals surface area contributed by atoms with Gasteiger partial charge in [-0.2, -0.15) is 0 Å². The summed E-state index contributed by atoms with van der Waals surface area (Å²) in [5, 5.41) is 1.62. The van der Waals surface area contributed by atoms with Crippen LogP contribution < -0.4 is 5.36 Å². The molecule has 0 bridgehead atoms. The molecule has 2 N–H and O–H groups in total. The molecule has 3 nitrogen and oxygen atoms in total. The lowest BCUT2D eigenvalue weighted by Crippen LogP contribution is -2.01. The molecule has 0 radical (unpaired) electrons. The van der Waals surface area contributed by atoms with Crippen LogP contribution in [0.1, 0.15) is 0 Å². The second-order valence-electron chi connectivity index (χ2n) is 4.01. The third-order valence-electron chi connectivity index (χ3n) is 2.69. The van der Waals surface area contributed by atoms with Crippen molar-refractivity contribution in [3.63, 3.8) is 0 Å². The minimum atomic E-state index is 0. The number of benzene rings is 1. The highest BCUT2D eigenvalue weighted by Gasteiger charge is 1.92. The van der Waals surface area contributed by atoms with Crippen LogP contribution in [0.5, 0.6) is 0 Å². The molecule has 0 atom stereocenters. The normalized spacial score (nSPS) is 11.3. The van der Waals surface area contributed by atoms with Gasteiger partial charge in [0.1, 0.15) is 0 Å². The molecule has 2 heterocycles. The molecule has 0 saturated heterocycles. The van der Waals surface area contributed by atoms with E-state index in [0.717, 1.165) is 16.6 Å². The number of hydrogen-bond acceptors (Lipinski definition) is 1. The number of nitrogens with zero attached hydrogens (tertiary/aromatic N) is 2. The van der Waals surface area contributed by atoms with E-state index in [4.69, 9.17) is 11.6 Å². The first-order valence-corrected chi connectivity index (χ1v) is 6.06. The van der Waals surface area contributed by atoms with Crippen molar-refractivity contribution in [2.75, 3.05) is 0 Å². The topological polar surface area (TPSA) is 48.3 Å². The second kappa shape index (κ2) is 5.69. The van der Waals surface area contributed by atoms with Crippen LogP contribution in [0.2, 0.25) is 5.02 Å². The molecule has 0 aliphatic heterocycles. The van der Waals surface area contributed by atoms with Crippen molar-refractivity contribution in [2.24, 2.45) is 4.99 Å². The van der Waals surface area contributed by atoms with Gasteiger partial charge in [0.2, 0.25) is 0 Å². The molecule has 0 amide bonds. The number of rotatable bonds is 1. The van der Waals surface area contributed by atoms with Gasteiger partial charge >= 0.3 is 0 Å². The van der Waals surface area contributed by atoms with E-state index < -0.39 is 0 Å². The Bertz CT molecular complexity index is 765. The van der Waals surface area contributed by atoms with Gasteiger partial charge in [-0.3, -0.25) is 0 Å². The van der Waals surface area contributed by atoms with Gasteiger partial charge in [-0.05, 0) is 42.5 Å². The Kier molecular flexibility index (Phi) is 4.00. The molecular formula is C15H13ClN2O. The minimum absolute atomic E-state index is 0. The van der Waals surface area contributed by atoms with E-state index in [-0.39, 0.29) is 5.48 Å². The van der Waals surface area contributed by atoms with Gasteiger partial charge in [0.05, 0.1) is 11.0 Å². The lowest BCUT2D eigenvalue weighted by atomic mass is 10.3. The fourth-order valence-corrected chi connectivity index (χ4v) is 2.03. The summed E-state index contributed by atoms with van der Waals surface area (Å²) < 4.78 is 2.05. The summed E-state index contributed by atoms with van der Waals surface area (Å²) in [6, 6.07) is 17.6. The molecule has 0 fully saturated rings. The van der Waals surface area contributed by atoms with Gasteiger partial charge in [-0.1, -0.05) is 23.7 Å². The summed E-state index contributed by atoms with van der Waals surface area (Å²) in [6.07, 6.45) is 4.01. The van der Waals surface area contributed by atoms with Crippen LogP contribution >= 0.6 is 11.6 Å². The van der Waals surface area contributed by atoms with E-state index in [1.807, 2.05) is 60.9 Å². The van der Waals surface area contributed by atoms with Gasteiger partial charge in [-0.15, -0.1) is 0 Å². The maximum absolute atomic E-state index is 5.94. The van der Waals surface area contributed by atoms with E-state index in [0.29, 0.717) is 5.02 Å². The van der Waals surface area contributed by atoms with Crippen molar-refractivity contribution in [1.82, 2.24) is 4.40 Å². The summed E-state index contributed by atoms with van der Waals surface area (Å²) in [5.74, 6) is 0. The zero-order valence-corrected chi connectivity index (χ0v) is 10.9. The lowest BCUT2D eigenvalue weighted by Gasteiger charge is -1.99. The summed E-state index contributed by atoms with van der Waals surface area (Å²) in [4.78, 5) is 4.55. The molecule has 3 rings (SSSR count). The van der Waals surface area contributed by atoms with Crippen LogP contribution in [0.4, 0.5) is 5.69 Å². The average Bonchev–Trinajstić information content (AvgIpc) is 2.39. The molecule has 0 saturated carbocycles. The van der Waals surface area contributed by atoms with E-state index >= 15 is 0 Å². The smallest absolute Gasteiger partial charge is 0.0672 e. The highest BCUT2D eigenvalue weighted by Crippen LogP contribution is 2.16. The summed E-state index contributed by atoms with van der Waals surface area (Å²) >= 11 is 5.94. The molecule has 19 heavy (non-hydrogen) atoms. The van der Waals surface area contributed by atoms with Crippen LogP contribution in [0, 0.1) is 0 Å². The van der Waals surface area contributed by atoms with Crippen LogP contribution in [0.3, 0.4) is 0 Å². The summed E-state index contributed by atoms with van der Waals surface area (Å²) in [7, 11) is 0. The van der Waals surface area contributed by atoms with Gasteiger partial charge in [0, 0.05) is 22.9 Å². The Morgan fingerprint density at radius 3 is 2.63 bits per heavy atom. The number of aromatic nitrogens is 1. The van der Waals surface area contributed by atoms with Crippen LogP contribution in [0.25, 0.3) is 5.52 Å². The number of hydrogen-bond donors (Lipinski definition) is 0. The van der Waals surface area contributed by atoms with E-state index in [1.54, 1.807) is 0 Å². The predicted octanol–water partition coefficient (Wildman–Crippen LogP) is 3.00. The largest absolute Gasteiger partial charge is 0.412 e. The fraction of sp³-hybridized carbons (Fsp3) is 0. The zero-order valence-electron chi connectivity index (χ0n) is 10.1. The third-order valence-corrected chi connectivity index (χ3v) is 2.93. The average molecular weight is 273 g/mol. The Morgan fingerprint density at radius 2 is 1.79 bits per heavy atom. The molecule has 0 aliphatic rings. The molecule has 0 aliphatic carbocycles. The number of fused-ring (bicyclic) bond motifs is 1. The summed E-state index contributed by atoms with van der Waals surface area (Å²) in [6.45, 7) is 0. The predicted molar refractivity (Wildman–Crippen MR) is 77.7 cm³/mol. The maximum atomic E-state index is 5.94. The quantitative estimate of drug-likeness (QED) is 0.654. The van der Waals surface area contributed by atoms with E-state index in [1.165, 1.54) is 0 Å². The van der Waals surface area contributed by atoms with Crippen LogP contribution in [-0.4, -0.2) is 9.88 Å². The van der Waals surface area contributed by atoms with Gasteiger partial charge in [0.15, 0.2) is 0 Å². The highest BCUT2D eigenvalue weighted by atomic mass is 35.5. The molecule has 2 aromatic heterocycles. The van der Waals surface area contributed by atoms with Gasteiger partial charge < -0.3 is 9.88 Å². The first-order valence-electron chi connectivity index (χ1n) is 5.69. The SMILES string of the molecule is Clc1cccc(/N=c2\ccn3ccccc3c2)c1.O.